The Labute approximate surface area is 166 Å². The second kappa shape index (κ2) is 8.74. The number of amides is 1. The first-order valence-corrected chi connectivity index (χ1v) is 9.49. The molecule has 146 valence electrons. The fraction of sp³-hybridized carbons (Fsp3) is 0.304. The third-order valence-electron chi connectivity index (χ3n) is 4.95. The molecule has 1 N–H and O–H groups in total. The van der Waals surface area contributed by atoms with Gasteiger partial charge in [-0.05, 0) is 50.5 Å². The number of hydrogen-bond donors (Lipinski definition) is 1. The summed E-state index contributed by atoms with van der Waals surface area (Å²) in [6.07, 6.45) is 1.11. The SMILES string of the molecule is COc1cccc(-n2nc(C)c(CCC(=O)NCc3ccc(C)cc3)c2C)c1. The van der Waals surface area contributed by atoms with Crippen LogP contribution in [0.15, 0.2) is 48.5 Å². The third kappa shape index (κ3) is 4.60. The lowest BCUT2D eigenvalue weighted by Crippen LogP contribution is -2.23. The molecule has 0 unspecified atom stereocenters. The van der Waals surface area contributed by atoms with Crippen molar-refractivity contribution in [3.8, 4) is 11.4 Å². The van der Waals surface area contributed by atoms with E-state index in [1.807, 2.05) is 54.9 Å². The van der Waals surface area contributed by atoms with Crippen molar-refractivity contribution in [1.82, 2.24) is 15.1 Å². The third-order valence-corrected chi connectivity index (χ3v) is 4.95. The average Bonchev–Trinajstić information content (AvgIpc) is 2.99. The predicted molar refractivity (Wildman–Crippen MR) is 111 cm³/mol. The molecule has 28 heavy (non-hydrogen) atoms. The Balaban J connectivity index is 1.63. The second-order valence-corrected chi connectivity index (χ2v) is 7.02. The molecule has 0 aliphatic rings. The van der Waals surface area contributed by atoms with Gasteiger partial charge in [-0.2, -0.15) is 5.10 Å². The van der Waals surface area contributed by atoms with Gasteiger partial charge in [0.1, 0.15) is 5.75 Å². The topological polar surface area (TPSA) is 56.2 Å². The number of hydrogen-bond acceptors (Lipinski definition) is 3. The summed E-state index contributed by atoms with van der Waals surface area (Å²) in [5.41, 5.74) is 6.40. The van der Waals surface area contributed by atoms with E-state index in [-0.39, 0.29) is 5.91 Å². The van der Waals surface area contributed by atoms with Gasteiger partial charge in [0.2, 0.25) is 5.91 Å². The van der Waals surface area contributed by atoms with Gasteiger partial charge in [-0.1, -0.05) is 35.9 Å². The quantitative estimate of drug-likeness (QED) is 0.676. The number of ether oxygens (including phenoxy) is 1. The van der Waals surface area contributed by atoms with Gasteiger partial charge in [0, 0.05) is 24.7 Å². The molecular weight excluding hydrogens is 350 g/mol. The van der Waals surface area contributed by atoms with Crippen LogP contribution in [0.3, 0.4) is 0 Å². The molecule has 5 heteroatoms. The molecular formula is C23H27N3O2. The highest BCUT2D eigenvalue weighted by Crippen LogP contribution is 2.22. The molecule has 0 radical (unpaired) electrons. The Morgan fingerprint density at radius 3 is 2.57 bits per heavy atom. The monoisotopic (exact) mass is 377 g/mol. The van der Waals surface area contributed by atoms with Gasteiger partial charge in [0.15, 0.2) is 0 Å². The van der Waals surface area contributed by atoms with Crippen molar-refractivity contribution in [1.29, 1.82) is 0 Å². The van der Waals surface area contributed by atoms with Crippen LogP contribution in [0.4, 0.5) is 0 Å². The molecule has 0 saturated carbocycles. The van der Waals surface area contributed by atoms with Crippen LogP contribution in [0.25, 0.3) is 5.69 Å². The summed E-state index contributed by atoms with van der Waals surface area (Å²) in [6.45, 7) is 6.64. The minimum atomic E-state index is 0.0495. The minimum absolute atomic E-state index is 0.0495. The smallest absolute Gasteiger partial charge is 0.220 e. The van der Waals surface area contributed by atoms with Crippen LogP contribution < -0.4 is 10.1 Å². The highest BCUT2D eigenvalue weighted by atomic mass is 16.5. The van der Waals surface area contributed by atoms with Crippen molar-refractivity contribution < 1.29 is 9.53 Å². The zero-order valence-corrected chi connectivity index (χ0v) is 17.0. The lowest BCUT2D eigenvalue weighted by molar-refractivity contribution is -0.121. The van der Waals surface area contributed by atoms with Crippen molar-refractivity contribution in [3.05, 3.63) is 76.6 Å². The summed E-state index contributed by atoms with van der Waals surface area (Å²) >= 11 is 0. The summed E-state index contributed by atoms with van der Waals surface area (Å²) < 4.78 is 7.22. The van der Waals surface area contributed by atoms with E-state index >= 15 is 0 Å². The maximum Gasteiger partial charge on any atom is 0.220 e. The Morgan fingerprint density at radius 1 is 1.11 bits per heavy atom. The second-order valence-electron chi connectivity index (χ2n) is 7.02. The Kier molecular flexibility index (Phi) is 6.14. The molecule has 0 fully saturated rings. The van der Waals surface area contributed by atoms with Crippen LogP contribution in [0, 0.1) is 20.8 Å². The van der Waals surface area contributed by atoms with E-state index in [1.54, 1.807) is 7.11 Å². The number of carbonyl (C=O) groups excluding carboxylic acids is 1. The summed E-state index contributed by atoms with van der Waals surface area (Å²) in [5.74, 6) is 0.843. The zero-order valence-electron chi connectivity index (χ0n) is 17.0. The molecule has 0 aliphatic heterocycles. The minimum Gasteiger partial charge on any atom is -0.497 e. The van der Waals surface area contributed by atoms with Crippen LogP contribution in [-0.2, 0) is 17.8 Å². The highest BCUT2D eigenvalue weighted by molar-refractivity contribution is 5.76. The van der Waals surface area contributed by atoms with E-state index in [0.29, 0.717) is 19.4 Å². The first-order chi connectivity index (χ1) is 13.5. The molecule has 0 saturated heterocycles. The van der Waals surface area contributed by atoms with Gasteiger partial charge < -0.3 is 10.1 Å². The number of methoxy groups -OCH3 is 1. The van der Waals surface area contributed by atoms with Gasteiger partial charge in [-0.3, -0.25) is 4.79 Å². The number of aromatic nitrogens is 2. The van der Waals surface area contributed by atoms with E-state index < -0.39 is 0 Å². The van der Waals surface area contributed by atoms with Crippen molar-refractivity contribution in [3.63, 3.8) is 0 Å². The van der Waals surface area contributed by atoms with E-state index in [9.17, 15) is 4.79 Å². The Morgan fingerprint density at radius 2 is 1.86 bits per heavy atom. The van der Waals surface area contributed by atoms with Crippen molar-refractivity contribution in [2.75, 3.05) is 7.11 Å². The first kappa shape index (κ1) is 19.7. The van der Waals surface area contributed by atoms with E-state index in [1.165, 1.54) is 5.56 Å². The summed E-state index contributed by atoms with van der Waals surface area (Å²) in [6, 6.07) is 16.0. The van der Waals surface area contributed by atoms with Crippen LogP contribution in [-0.4, -0.2) is 22.8 Å². The largest absolute Gasteiger partial charge is 0.497 e. The normalized spacial score (nSPS) is 10.7. The maximum absolute atomic E-state index is 12.3. The molecule has 5 nitrogen and oxygen atoms in total. The molecule has 3 rings (SSSR count). The Bertz CT molecular complexity index is 958. The molecule has 0 aliphatic carbocycles. The van der Waals surface area contributed by atoms with Crippen LogP contribution in [0.2, 0.25) is 0 Å². The predicted octanol–water partition coefficient (Wildman–Crippen LogP) is 4.06. The highest BCUT2D eigenvalue weighted by Gasteiger charge is 2.14. The maximum atomic E-state index is 12.3. The number of benzene rings is 2. The zero-order chi connectivity index (χ0) is 20.1. The van der Waals surface area contributed by atoms with Crippen molar-refractivity contribution >= 4 is 5.91 Å². The lowest BCUT2D eigenvalue weighted by atomic mass is 10.1. The molecule has 1 amide bonds. The molecule has 2 aromatic carbocycles. The van der Waals surface area contributed by atoms with E-state index in [0.717, 1.165) is 34.0 Å². The average molecular weight is 377 g/mol. The summed E-state index contributed by atoms with van der Waals surface area (Å²) in [7, 11) is 1.65. The Hall–Kier alpha value is -3.08. The lowest BCUT2D eigenvalue weighted by Gasteiger charge is -2.08. The number of rotatable bonds is 7. The summed E-state index contributed by atoms with van der Waals surface area (Å²) in [5, 5.41) is 7.66. The molecule has 0 atom stereocenters. The van der Waals surface area contributed by atoms with Gasteiger partial charge in [-0.15, -0.1) is 0 Å². The number of nitrogens with one attached hydrogen (secondary N) is 1. The molecule has 0 bridgehead atoms. The van der Waals surface area contributed by atoms with E-state index in [2.05, 4.69) is 29.5 Å². The first-order valence-electron chi connectivity index (χ1n) is 9.49. The van der Waals surface area contributed by atoms with Crippen LogP contribution >= 0.6 is 0 Å². The van der Waals surface area contributed by atoms with E-state index in [4.69, 9.17) is 4.74 Å². The molecule has 1 heterocycles. The molecule has 1 aromatic heterocycles. The van der Waals surface area contributed by atoms with Crippen molar-refractivity contribution in [2.24, 2.45) is 0 Å². The fourth-order valence-corrected chi connectivity index (χ4v) is 3.26. The van der Waals surface area contributed by atoms with Gasteiger partial charge in [0.25, 0.3) is 0 Å². The van der Waals surface area contributed by atoms with Gasteiger partial charge >= 0.3 is 0 Å². The van der Waals surface area contributed by atoms with Crippen LogP contribution in [0.5, 0.6) is 5.75 Å². The molecule has 0 spiro atoms. The standard InChI is InChI=1S/C23H27N3O2/c1-16-8-10-19(11-9-16)15-24-23(27)13-12-22-17(2)25-26(18(22)3)20-6-5-7-21(14-20)28-4/h5-11,14H,12-13,15H2,1-4H3,(H,24,27). The molecule has 3 aromatic rings. The number of carbonyl (C=O) groups is 1. The van der Waals surface area contributed by atoms with Crippen molar-refractivity contribution in [2.45, 2.75) is 40.2 Å². The fourth-order valence-electron chi connectivity index (χ4n) is 3.26. The van der Waals surface area contributed by atoms with Gasteiger partial charge in [0.05, 0.1) is 18.5 Å². The number of aryl methyl sites for hydroxylation is 2. The number of nitrogens with zero attached hydrogens (tertiary/aromatic N) is 2. The summed E-state index contributed by atoms with van der Waals surface area (Å²) in [4.78, 5) is 12.3. The van der Waals surface area contributed by atoms with Crippen LogP contribution in [0.1, 0.15) is 34.5 Å². The van der Waals surface area contributed by atoms with Gasteiger partial charge in [-0.25, -0.2) is 4.68 Å².